The van der Waals surface area contributed by atoms with Gasteiger partial charge in [-0.05, 0) is 31.7 Å². The van der Waals surface area contributed by atoms with Crippen LogP contribution in [-0.2, 0) is 9.53 Å². The summed E-state index contributed by atoms with van der Waals surface area (Å²) in [6.45, 7) is 6.66. The molecule has 0 radical (unpaired) electrons. The normalized spacial score (nSPS) is 21.1. The highest BCUT2D eigenvalue weighted by molar-refractivity contribution is 5.95. The molecule has 28 heavy (non-hydrogen) atoms. The van der Waals surface area contributed by atoms with Gasteiger partial charge in [0.1, 0.15) is 5.75 Å². The van der Waals surface area contributed by atoms with Crippen molar-refractivity contribution in [1.82, 2.24) is 20.4 Å². The van der Waals surface area contributed by atoms with E-state index in [0.29, 0.717) is 24.4 Å². The molecule has 3 rings (SSSR count). The van der Waals surface area contributed by atoms with Gasteiger partial charge in [-0.1, -0.05) is 12.1 Å². The Kier molecular flexibility index (Phi) is 6.53. The van der Waals surface area contributed by atoms with Crippen molar-refractivity contribution in [3.63, 3.8) is 0 Å². The van der Waals surface area contributed by atoms with Gasteiger partial charge in [-0.15, -0.1) is 0 Å². The summed E-state index contributed by atoms with van der Waals surface area (Å²) in [5.74, 6) is 0.295. The molecular weight excluding hydrogens is 360 g/mol. The number of carbonyl (C=O) groups excluding carboxylic acids is 2. The minimum atomic E-state index is -0.570. The van der Waals surface area contributed by atoms with Gasteiger partial charge in [0.05, 0.1) is 25.3 Å². The number of nitrogens with zero attached hydrogens (tertiary/aromatic N) is 2. The minimum Gasteiger partial charge on any atom is -0.494 e. The fraction of sp³-hybridized carbons (Fsp3) is 0.500. The number of urea groups is 1. The summed E-state index contributed by atoms with van der Waals surface area (Å²) in [5.41, 5.74) is 1.83. The van der Waals surface area contributed by atoms with Gasteiger partial charge in [0.2, 0.25) is 0 Å². The molecule has 0 spiro atoms. The van der Waals surface area contributed by atoms with E-state index in [9.17, 15) is 9.59 Å². The van der Waals surface area contributed by atoms with E-state index in [1.165, 1.54) is 7.11 Å². The molecule has 2 N–H and O–H groups in total. The molecular formula is C20H28N4O4. The number of hydrogen-bond donors (Lipinski definition) is 2. The molecule has 2 heterocycles. The topological polar surface area (TPSA) is 83.1 Å². The Labute approximate surface area is 165 Å². The van der Waals surface area contributed by atoms with Gasteiger partial charge < -0.3 is 25.0 Å². The summed E-state index contributed by atoms with van der Waals surface area (Å²) in [4.78, 5) is 29.4. The molecule has 1 fully saturated rings. The van der Waals surface area contributed by atoms with Crippen LogP contribution < -0.4 is 15.4 Å². The van der Waals surface area contributed by atoms with E-state index >= 15 is 0 Å². The fourth-order valence-corrected chi connectivity index (χ4v) is 3.50. The molecule has 1 unspecified atom stereocenters. The summed E-state index contributed by atoms with van der Waals surface area (Å²) in [5, 5.41) is 5.67. The van der Waals surface area contributed by atoms with Crippen molar-refractivity contribution in [1.29, 1.82) is 0 Å². The summed E-state index contributed by atoms with van der Waals surface area (Å²) < 4.78 is 10.5. The molecule has 2 amide bonds. The van der Waals surface area contributed by atoms with Crippen LogP contribution in [0.25, 0.3) is 0 Å². The van der Waals surface area contributed by atoms with Crippen LogP contribution in [0.2, 0.25) is 0 Å². The van der Waals surface area contributed by atoms with E-state index in [-0.39, 0.29) is 6.03 Å². The number of carbonyl (C=O) groups is 2. The number of piperazine rings is 1. The van der Waals surface area contributed by atoms with E-state index in [1.807, 2.05) is 31.2 Å². The van der Waals surface area contributed by atoms with Crippen LogP contribution in [0.3, 0.4) is 0 Å². The lowest BCUT2D eigenvalue weighted by Crippen LogP contribution is -2.51. The number of rotatable bonds is 6. The highest BCUT2D eigenvalue weighted by Crippen LogP contribution is 2.29. The van der Waals surface area contributed by atoms with Crippen LogP contribution in [0.1, 0.15) is 18.5 Å². The van der Waals surface area contributed by atoms with E-state index in [0.717, 1.165) is 37.5 Å². The van der Waals surface area contributed by atoms with Crippen molar-refractivity contribution in [3.05, 3.63) is 41.1 Å². The summed E-state index contributed by atoms with van der Waals surface area (Å²) in [7, 11) is 3.44. The smallest absolute Gasteiger partial charge is 0.338 e. The quantitative estimate of drug-likeness (QED) is 0.711. The van der Waals surface area contributed by atoms with E-state index in [1.54, 1.807) is 0 Å². The number of benzene rings is 1. The average Bonchev–Trinajstić information content (AvgIpc) is 2.69. The first-order chi connectivity index (χ1) is 13.5. The third kappa shape index (κ3) is 4.63. The Balaban J connectivity index is 1.90. The van der Waals surface area contributed by atoms with Crippen LogP contribution in [0.5, 0.6) is 5.75 Å². The first-order valence-corrected chi connectivity index (χ1v) is 9.54. The van der Waals surface area contributed by atoms with Crippen LogP contribution in [-0.4, -0.2) is 75.3 Å². The molecule has 8 nitrogen and oxygen atoms in total. The molecule has 0 bridgehead atoms. The molecule has 2 aliphatic heterocycles. The van der Waals surface area contributed by atoms with E-state index in [4.69, 9.17) is 9.47 Å². The van der Waals surface area contributed by atoms with Gasteiger partial charge in [-0.2, -0.15) is 0 Å². The van der Waals surface area contributed by atoms with Crippen LogP contribution in [0.4, 0.5) is 4.79 Å². The van der Waals surface area contributed by atoms with Gasteiger partial charge in [-0.25, -0.2) is 9.59 Å². The molecule has 1 aromatic rings. The van der Waals surface area contributed by atoms with Crippen molar-refractivity contribution in [2.24, 2.45) is 0 Å². The van der Waals surface area contributed by atoms with Crippen molar-refractivity contribution in [2.75, 3.05) is 53.5 Å². The Morgan fingerprint density at radius 3 is 2.46 bits per heavy atom. The maximum absolute atomic E-state index is 12.6. The maximum atomic E-state index is 12.6. The lowest BCUT2D eigenvalue weighted by molar-refractivity contribution is -0.136. The Morgan fingerprint density at radius 1 is 1.18 bits per heavy atom. The van der Waals surface area contributed by atoms with Crippen molar-refractivity contribution >= 4 is 12.0 Å². The van der Waals surface area contributed by atoms with E-state index < -0.39 is 12.0 Å². The Bertz CT molecular complexity index is 739. The first-order valence-electron chi connectivity index (χ1n) is 9.54. The monoisotopic (exact) mass is 388 g/mol. The molecule has 1 aromatic carbocycles. The molecule has 1 saturated heterocycles. The van der Waals surface area contributed by atoms with E-state index in [2.05, 4.69) is 27.5 Å². The van der Waals surface area contributed by atoms with Crippen molar-refractivity contribution in [3.8, 4) is 5.75 Å². The van der Waals surface area contributed by atoms with Crippen molar-refractivity contribution in [2.45, 2.75) is 13.0 Å². The molecule has 0 aliphatic carbocycles. The number of amides is 2. The zero-order valence-electron chi connectivity index (χ0n) is 16.7. The molecule has 2 aliphatic rings. The number of nitrogens with one attached hydrogen (secondary N) is 2. The third-order valence-electron chi connectivity index (χ3n) is 5.06. The number of esters is 1. The second-order valence-corrected chi connectivity index (χ2v) is 7.00. The molecule has 0 saturated carbocycles. The number of methoxy groups -OCH3 is 1. The van der Waals surface area contributed by atoms with Crippen LogP contribution >= 0.6 is 0 Å². The molecule has 8 heteroatoms. The molecule has 152 valence electrons. The fourth-order valence-electron chi connectivity index (χ4n) is 3.50. The zero-order valence-corrected chi connectivity index (χ0v) is 16.7. The Hall–Kier alpha value is -2.58. The maximum Gasteiger partial charge on any atom is 0.338 e. The SMILES string of the molecule is CCOc1ccc(C2NC(=O)NC(CN3CCN(C)CC3)=C2C(=O)OC)cc1. The number of ether oxygens (including phenoxy) is 2. The molecule has 0 aromatic heterocycles. The van der Waals surface area contributed by atoms with Gasteiger partial charge in [0, 0.05) is 38.4 Å². The summed E-state index contributed by atoms with van der Waals surface area (Å²) in [6.07, 6.45) is 0. The standard InChI is InChI=1S/C20H28N4O4/c1-4-28-15-7-5-14(6-8-15)18-17(19(25)27-3)16(21-20(26)22-18)13-24-11-9-23(2)10-12-24/h5-8,18H,4,9-13H2,1-3H3,(H2,21,22,26). The largest absolute Gasteiger partial charge is 0.494 e. The predicted octanol–water partition coefficient (Wildman–Crippen LogP) is 1.11. The highest BCUT2D eigenvalue weighted by atomic mass is 16.5. The third-order valence-corrected chi connectivity index (χ3v) is 5.06. The average molecular weight is 388 g/mol. The Morgan fingerprint density at radius 2 is 1.86 bits per heavy atom. The summed E-state index contributed by atoms with van der Waals surface area (Å²) >= 11 is 0. The summed E-state index contributed by atoms with van der Waals surface area (Å²) in [6, 6.07) is 6.49. The molecule has 1 atom stereocenters. The van der Waals surface area contributed by atoms with Crippen LogP contribution in [0, 0.1) is 0 Å². The number of hydrogen-bond acceptors (Lipinski definition) is 6. The first kappa shape index (κ1) is 20.2. The second kappa shape index (κ2) is 9.07. The lowest BCUT2D eigenvalue weighted by Gasteiger charge is -2.35. The number of likely N-dealkylation sites (N-methyl/N-ethyl adjacent to an activating group) is 1. The second-order valence-electron chi connectivity index (χ2n) is 7.00. The predicted molar refractivity (Wildman–Crippen MR) is 105 cm³/mol. The van der Waals surface area contributed by atoms with Gasteiger partial charge in [-0.3, -0.25) is 4.90 Å². The van der Waals surface area contributed by atoms with Gasteiger partial charge in [0.15, 0.2) is 0 Å². The van der Waals surface area contributed by atoms with Gasteiger partial charge >= 0.3 is 12.0 Å². The highest BCUT2D eigenvalue weighted by Gasteiger charge is 2.34. The lowest BCUT2D eigenvalue weighted by atomic mass is 9.95. The van der Waals surface area contributed by atoms with Crippen molar-refractivity contribution < 1.29 is 19.1 Å². The van der Waals surface area contributed by atoms with Crippen LogP contribution in [0.15, 0.2) is 35.5 Å². The van der Waals surface area contributed by atoms with Gasteiger partial charge in [0.25, 0.3) is 0 Å². The zero-order chi connectivity index (χ0) is 20.1. The minimum absolute atomic E-state index is 0.323.